The number of pyridine rings is 1. The van der Waals surface area contributed by atoms with Gasteiger partial charge < -0.3 is 20.2 Å². The molecule has 30 heavy (non-hydrogen) atoms. The average molecular weight is 464 g/mol. The Morgan fingerprint density at radius 3 is 2.53 bits per heavy atom. The van der Waals surface area contributed by atoms with E-state index in [9.17, 15) is 9.59 Å². The molecule has 0 atom stereocenters. The van der Waals surface area contributed by atoms with Gasteiger partial charge in [-0.2, -0.15) is 0 Å². The lowest BCUT2D eigenvalue weighted by Crippen LogP contribution is -2.14. The Balaban J connectivity index is 1.80. The quantitative estimate of drug-likeness (QED) is 0.417. The van der Waals surface area contributed by atoms with Crippen LogP contribution in [-0.4, -0.2) is 23.2 Å². The fraction of sp³-hybridized carbons (Fsp3) is 0.0435. The summed E-state index contributed by atoms with van der Waals surface area (Å²) in [7, 11) is 1.54. The van der Waals surface area contributed by atoms with E-state index in [1.807, 2.05) is 12.1 Å². The van der Waals surface area contributed by atoms with Crippen molar-refractivity contribution >= 4 is 44.5 Å². The second kappa shape index (κ2) is 8.04. The Morgan fingerprint density at radius 2 is 1.80 bits per heavy atom. The molecule has 0 saturated carbocycles. The highest BCUT2D eigenvalue weighted by atomic mass is 79.9. The van der Waals surface area contributed by atoms with Crippen LogP contribution in [0.4, 0.5) is 11.4 Å². The zero-order valence-electron chi connectivity index (χ0n) is 16.1. The third kappa shape index (κ3) is 3.55. The fourth-order valence-electron chi connectivity index (χ4n) is 3.33. The molecular weight excluding hydrogens is 446 g/mol. The van der Waals surface area contributed by atoms with Gasteiger partial charge in [-0.05, 0) is 48.5 Å². The largest absolute Gasteiger partial charge is 0.497 e. The van der Waals surface area contributed by atoms with Gasteiger partial charge >= 0.3 is 0 Å². The number of nitrogens with one attached hydrogen (secondary N) is 1. The van der Waals surface area contributed by atoms with Crippen LogP contribution in [0.2, 0.25) is 0 Å². The van der Waals surface area contributed by atoms with E-state index in [4.69, 9.17) is 10.5 Å². The molecule has 0 unspecified atom stereocenters. The van der Waals surface area contributed by atoms with E-state index in [0.29, 0.717) is 22.5 Å². The minimum Gasteiger partial charge on any atom is -0.497 e. The number of aromatic nitrogens is 1. The molecule has 150 valence electrons. The van der Waals surface area contributed by atoms with Crippen LogP contribution in [0.25, 0.3) is 5.52 Å². The first-order chi connectivity index (χ1) is 14.5. The SMILES string of the molecule is COc1cccc(C(=O)c2c(N)c(C(=O)Nc3ccc(Br)cc3)c3ccccn23)c1. The van der Waals surface area contributed by atoms with Gasteiger partial charge in [0, 0.05) is 21.9 Å². The van der Waals surface area contributed by atoms with Crippen molar-refractivity contribution in [1.82, 2.24) is 4.40 Å². The first-order valence-electron chi connectivity index (χ1n) is 9.14. The third-order valence-electron chi connectivity index (χ3n) is 4.76. The minimum atomic E-state index is -0.386. The first kappa shape index (κ1) is 19.7. The maximum atomic E-state index is 13.3. The Labute approximate surface area is 181 Å². The van der Waals surface area contributed by atoms with Gasteiger partial charge in [-0.15, -0.1) is 0 Å². The maximum absolute atomic E-state index is 13.3. The number of ketones is 1. The second-order valence-electron chi connectivity index (χ2n) is 6.62. The van der Waals surface area contributed by atoms with Crippen LogP contribution in [0.15, 0.2) is 77.4 Å². The van der Waals surface area contributed by atoms with E-state index in [1.165, 1.54) is 7.11 Å². The number of carbonyl (C=O) groups is 2. The molecule has 0 aliphatic rings. The highest BCUT2D eigenvalue weighted by Crippen LogP contribution is 2.30. The molecule has 2 aromatic carbocycles. The van der Waals surface area contributed by atoms with E-state index < -0.39 is 0 Å². The molecule has 1 amide bonds. The van der Waals surface area contributed by atoms with Crippen molar-refractivity contribution < 1.29 is 14.3 Å². The number of methoxy groups -OCH3 is 1. The minimum absolute atomic E-state index is 0.128. The fourth-order valence-corrected chi connectivity index (χ4v) is 3.59. The van der Waals surface area contributed by atoms with Crippen LogP contribution >= 0.6 is 15.9 Å². The smallest absolute Gasteiger partial charge is 0.259 e. The molecule has 2 heterocycles. The Hall–Kier alpha value is -3.58. The molecule has 3 N–H and O–H groups in total. The van der Waals surface area contributed by atoms with Gasteiger partial charge in [-0.25, -0.2) is 0 Å². The number of rotatable bonds is 5. The van der Waals surface area contributed by atoms with Crippen molar-refractivity contribution in [2.24, 2.45) is 0 Å². The third-order valence-corrected chi connectivity index (χ3v) is 5.29. The van der Waals surface area contributed by atoms with Crippen LogP contribution in [0, 0.1) is 0 Å². The highest BCUT2D eigenvalue weighted by Gasteiger charge is 2.26. The van der Waals surface area contributed by atoms with Gasteiger partial charge in [0.2, 0.25) is 5.78 Å². The summed E-state index contributed by atoms with van der Waals surface area (Å²) in [6.45, 7) is 0. The van der Waals surface area contributed by atoms with Crippen LogP contribution in [0.3, 0.4) is 0 Å². The number of nitrogen functional groups attached to an aromatic ring is 1. The Kier molecular flexibility index (Phi) is 5.29. The number of hydrogen-bond donors (Lipinski definition) is 2. The number of benzene rings is 2. The highest BCUT2D eigenvalue weighted by molar-refractivity contribution is 9.10. The zero-order chi connectivity index (χ0) is 21.3. The van der Waals surface area contributed by atoms with Crippen LogP contribution in [0.1, 0.15) is 26.4 Å². The van der Waals surface area contributed by atoms with Crippen molar-refractivity contribution in [3.05, 3.63) is 94.2 Å². The maximum Gasteiger partial charge on any atom is 0.259 e. The number of halogens is 1. The standard InChI is InChI=1S/C23H18BrN3O3/c1-30-17-6-4-5-14(13-17)22(28)21-20(25)19(18-7-2-3-12-27(18)21)23(29)26-16-10-8-15(24)9-11-16/h2-13H,25H2,1H3,(H,26,29). The number of amides is 1. The summed E-state index contributed by atoms with van der Waals surface area (Å²) in [5.41, 5.74) is 8.58. The lowest BCUT2D eigenvalue weighted by atomic mass is 10.1. The number of nitrogens with two attached hydrogens (primary N) is 1. The monoisotopic (exact) mass is 463 g/mol. The molecule has 0 fully saturated rings. The molecule has 4 rings (SSSR count). The summed E-state index contributed by atoms with van der Waals surface area (Å²) in [5, 5.41) is 2.84. The second-order valence-corrected chi connectivity index (χ2v) is 7.53. The molecule has 0 aliphatic carbocycles. The van der Waals surface area contributed by atoms with Crippen molar-refractivity contribution in [1.29, 1.82) is 0 Å². The lowest BCUT2D eigenvalue weighted by molar-refractivity contribution is 0.102. The summed E-state index contributed by atoms with van der Waals surface area (Å²) in [4.78, 5) is 26.3. The summed E-state index contributed by atoms with van der Waals surface area (Å²) >= 11 is 3.37. The molecule has 4 aromatic rings. The molecule has 0 aliphatic heterocycles. The van der Waals surface area contributed by atoms with Crippen LogP contribution < -0.4 is 15.8 Å². The zero-order valence-corrected chi connectivity index (χ0v) is 17.6. The molecule has 0 spiro atoms. The topological polar surface area (TPSA) is 85.8 Å². The number of ether oxygens (including phenoxy) is 1. The molecule has 6 nitrogen and oxygen atoms in total. The van der Waals surface area contributed by atoms with E-state index in [-0.39, 0.29) is 28.6 Å². The van der Waals surface area contributed by atoms with Crippen molar-refractivity contribution in [2.45, 2.75) is 0 Å². The predicted molar refractivity (Wildman–Crippen MR) is 120 cm³/mol. The van der Waals surface area contributed by atoms with Crippen LogP contribution in [0.5, 0.6) is 5.75 Å². The number of anilines is 2. The number of fused-ring (bicyclic) bond motifs is 1. The molecule has 0 radical (unpaired) electrons. The predicted octanol–water partition coefficient (Wildman–Crippen LogP) is 4.78. The van der Waals surface area contributed by atoms with Gasteiger partial charge in [0.15, 0.2) is 0 Å². The number of hydrogen-bond acceptors (Lipinski definition) is 4. The molecule has 0 bridgehead atoms. The van der Waals surface area contributed by atoms with Crippen molar-refractivity contribution in [3.63, 3.8) is 0 Å². The van der Waals surface area contributed by atoms with E-state index in [0.717, 1.165) is 4.47 Å². The lowest BCUT2D eigenvalue weighted by Gasteiger charge is -2.06. The van der Waals surface area contributed by atoms with E-state index in [1.54, 1.807) is 65.2 Å². The summed E-state index contributed by atoms with van der Waals surface area (Å²) in [6.07, 6.45) is 1.72. The van der Waals surface area contributed by atoms with Gasteiger partial charge in [-0.3, -0.25) is 9.59 Å². The van der Waals surface area contributed by atoms with E-state index >= 15 is 0 Å². The Bertz CT molecular complexity index is 1260. The Morgan fingerprint density at radius 1 is 1.03 bits per heavy atom. The van der Waals surface area contributed by atoms with E-state index in [2.05, 4.69) is 21.2 Å². The summed E-state index contributed by atoms with van der Waals surface area (Å²) < 4.78 is 7.77. The molecular formula is C23H18BrN3O3. The van der Waals surface area contributed by atoms with Gasteiger partial charge in [0.05, 0.1) is 23.9 Å². The molecule has 7 heteroatoms. The molecule has 2 aromatic heterocycles. The van der Waals surface area contributed by atoms with Crippen molar-refractivity contribution in [2.75, 3.05) is 18.2 Å². The van der Waals surface area contributed by atoms with Gasteiger partial charge in [0.25, 0.3) is 5.91 Å². The number of carbonyl (C=O) groups excluding carboxylic acids is 2. The first-order valence-corrected chi connectivity index (χ1v) is 9.93. The van der Waals surface area contributed by atoms with Gasteiger partial charge in [0.1, 0.15) is 11.4 Å². The summed E-state index contributed by atoms with van der Waals surface area (Å²) in [5.74, 6) is -0.119. The number of nitrogens with zero attached hydrogens (tertiary/aromatic N) is 1. The average Bonchev–Trinajstić information content (AvgIpc) is 3.06. The summed E-state index contributed by atoms with van der Waals surface area (Å²) in [6, 6.07) is 19.4. The van der Waals surface area contributed by atoms with Gasteiger partial charge in [-0.1, -0.05) is 34.1 Å². The van der Waals surface area contributed by atoms with Crippen LogP contribution in [-0.2, 0) is 0 Å². The van der Waals surface area contributed by atoms with Crippen molar-refractivity contribution in [3.8, 4) is 5.75 Å². The molecule has 0 saturated heterocycles. The normalized spacial score (nSPS) is 10.7.